The minimum absolute atomic E-state index is 0.185. The Bertz CT molecular complexity index is 1020. The van der Waals surface area contributed by atoms with E-state index in [1.54, 1.807) is 18.2 Å². The van der Waals surface area contributed by atoms with Crippen molar-refractivity contribution in [3.8, 4) is 0 Å². The van der Waals surface area contributed by atoms with Crippen molar-refractivity contribution >= 4 is 23.2 Å². The van der Waals surface area contributed by atoms with Crippen LogP contribution in [0.2, 0.25) is 0 Å². The van der Waals surface area contributed by atoms with Gasteiger partial charge in [0.15, 0.2) is 5.11 Å². The number of hydrogen-bond acceptors (Lipinski definition) is 4. The van der Waals surface area contributed by atoms with Crippen LogP contribution in [0.15, 0.2) is 54.6 Å². The quantitative estimate of drug-likeness (QED) is 0.440. The number of amides is 1. The van der Waals surface area contributed by atoms with Gasteiger partial charge < -0.3 is 15.2 Å². The summed E-state index contributed by atoms with van der Waals surface area (Å²) >= 11 is 5.08. The normalized spacial score (nSPS) is 23.2. The van der Waals surface area contributed by atoms with Gasteiger partial charge in [0, 0.05) is 17.0 Å². The highest BCUT2D eigenvalue weighted by Crippen LogP contribution is 2.50. The molecular weight excluding hydrogens is 474 g/mol. The fraction of sp³-hybridized carbons (Fsp3) is 0.333. The van der Waals surface area contributed by atoms with Crippen molar-refractivity contribution in [2.45, 2.75) is 23.7 Å². The average Bonchev–Trinajstić information content (AvgIpc) is 3.13. The lowest BCUT2D eigenvalue weighted by atomic mass is 9.76. The maximum absolute atomic E-state index is 14.7. The molecule has 1 aliphatic rings. The number of nitrogens with one attached hydrogen (secondary N) is 2. The molecule has 0 spiro atoms. The minimum Gasteiger partial charge on any atom is -0.396 e. The Morgan fingerprint density at radius 3 is 2.27 bits per heavy atom. The van der Waals surface area contributed by atoms with E-state index in [9.17, 15) is 36.2 Å². The predicted octanol–water partition coefficient (Wildman–Crippen LogP) is 3.53. The summed E-state index contributed by atoms with van der Waals surface area (Å²) in [6, 6.07) is 12.4. The summed E-state index contributed by atoms with van der Waals surface area (Å²) in [6.07, 6.45) is -8.83. The summed E-state index contributed by atoms with van der Waals surface area (Å²) in [5.41, 5.74) is -2.31. The zero-order chi connectivity index (χ0) is 24.4. The standard InChI is InChI=1S/C21H18F6N2O3S/c22-15-9-5-4-8-13(15)19(29-18(33)28-17(31)12-6-2-1-3-7-12)11-32-16(14(19)10-30)20(23,24)21(25,26)27/h1-9,14,16,30H,10-11H2,(H2,28,29,31,33)/t14-,16+,19-/m1/s1. The van der Waals surface area contributed by atoms with E-state index in [4.69, 9.17) is 17.0 Å². The highest BCUT2D eigenvalue weighted by Gasteiger charge is 2.70. The van der Waals surface area contributed by atoms with Gasteiger partial charge >= 0.3 is 12.1 Å². The summed E-state index contributed by atoms with van der Waals surface area (Å²) < 4.78 is 87.2. The van der Waals surface area contributed by atoms with Crippen molar-refractivity contribution in [3.63, 3.8) is 0 Å². The molecule has 0 unspecified atom stereocenters. The molecule has 178 valence electrons. The maximum atomic E-state index is 14.7. The molecule has 3 N–H and O–H groups in total. The lowest BCUT2D eigenvalue weighted by Gasteiger charge is -2.38. The van der Waals surface area contributed by atoms with Crippen LogP contribution in [0.25, 0.3) is 0 Å². The highest BCUT2D eigenvalue weighted by atomic mass is 32.1. The zero-order valence-electron chi connectivity index (χ0n) is 16.7. The lowest BCUT2D eigenvalue weighted by molar-refractivity contribution is -0.318. The monoisotopic (exact) mass is 492 g/mol. The number of carbonyl (C=O) groups is 1. The van der Waals surface area contributed by atoms with Crippen LogP contribution in [0.5, 0.6) is 0 Å². The van der Waals surface area contributed by atoms with Crippen molar-refractivity contribution in [1.82, 2.24) is 10.6 Å². The minimum atomic E-state index is -5.99. The van der Waals surface area contributed by atoms with Crippen LogP contribution in [-0.2, 0) is 10.3 Å². The Balaban J connectivity index is 1.99. The van der Waals surface area contributed by atoms with Gasteiger partial charge in [-0.25, -0.2) is 4.39 Å². The zero-order valence-corrected chi connectivity index (χ0v) is 17.5. The molecule has 0 saturated carbocycles. The van der Waals surface area contributed by atoms with Crippen molar-refractivity contribution < 1.29 is 41.0 Å². The van der Waals surface area contributed by atoms with E-state index >= 15 is 0 Å². The lowest BCUT2D eigenvalue weighted by Crippen LogP contribution is -2.59. The Hall–Kier alpha value is -2.70. The largest absolute Gasteiger partial charge is 0.456 e. The van der Waals surface area contributed by atoms with Gasteiger partial charge in [-0.05, 0) is 30.4 Å². The fourth-order valence-electron chi connectivity index (χ4n) is 3.77. The van der Waals surface area contributed by atoms with Gasteiger partial charge in [-0.15, -0.1) is 0 Å². The molecule has 33 heavy (non-hydrogen) atoms. The highest BCUT2D eigenvalue weighted by molar-refractivity contribution is 7.80. The Morgan fingerprint density at radius 1 is 1.09 bits per heavy atom. The molecule has 1 saturated heterocycles. The molecule has 3 rings (SSSR count). The van der Waals surface area contributed by atoms with Gasteiger partial charge in [-0.2, -0.15) is 22.0 Å². The third kappa shape index (κ3) is 4.68. The van der Waals surface area contributed by atoms with E-state index < -0.39 is 59.7 Å². The second kappa shape index (κ2) is 9.27. The van der Waals surface area contributed by atoms with Crippen LogP contribution in [0, 0.1) is 11.7 Å². The van der Waals surface area contributed by atoms with Crippen LogP contribution < -0.4 is 10.6 Å². The summed E-state index contributed by atoms with van der Waals surface area (Å²) in [7, 11) is 0. The van der Waals surface area contributed by atoms with Crippen LogP contribution in [0.1, 0.15) is 15.9 Å². The number of aliphatic hydroxyl groups is 1. The van der Waals surface area contributed by atoms with E-state index in [-0.39, 0.29) is 11.1 Å². The van der Waals surface area contributed by atoms with Crippen LogP contribution in [-0.4, -0.2) is 47.5 Å². The van der Waals surface area contributed by atoms with Gasteiger partial charge in [0.25, 0.3) is 5.91 Å². The first-order valence-corrected chi connectivity index (χ1v) is 9.95. The van der Waals surface area contributed by atoms with Gasteiger partial charge in [-0.3, -0.25) is 10.1 Å². The van der Waals surface area contributed by atoms with E-state index in [0.29, 0.717) is 0 Å². The maximum Gasteiger partial charge on any atom is 0.456 e. The molecule has 1 heterocycles. The third-order valence-electron chi connectivity index (χ3n) is 5.38. The molecule has 0 bridgehead atoms. The van der Waals surface area contributed by atoms with Crippen molar-refractivity contribution in [2.75, 3.05) is 13.2 Å². The molecule has 0 aromatic heterocycles. The number of thiocarbonyl (C=S) groups is 1. The first-order chi connectivity index (χ1) is 15.4. The second-order valence-electron chi connectivity index (χ2n) is 7.37. The Morgan fingerprint density at radius 2 is 1.70 bits per heavy atom. The molecule has 5 nitrogen and oxygen atoms in total. The molecule has 2 aromatic rings. The topological polar surface area (TPSA) is 70.6 Å². The van der Waals surface area contributed by atoms with Crippen LogP contribution in [0.3, 0.4) is 0 Å². The molecule has 3 atom stereocenters. The van der Waals surface area contributed by atoms with E-state index in [1.165, 1.54) is 24.3 Å². The second-order valence-corrected chi connectivity index (χ2v) is 7.78. The number of aliphatic hydroxyl groups excluding tert-OH is 1. The summed E-state index contributed by atoms with van der Waals surface area (Å²) in [5.74, 6) is -9.00. The van der Waals surface area contributed by atoms with E-state index in [1.807, 2.05) is 0 Å². The fourth-order valence-corrected chi connectivity index (χ4v) is 4.04. The molecule has 0 radical (unpaired) electrons. The number of benzene rings is 2. The summed E-state index contributed by atoms with van der Waals surface area (Å²) in [5, 5.41) is 14.1. The smallest absolute Gasteiger partial charge is 0.396 e. The molecule has 1 aliphatic heterocycles. The van der Waals surface area contributed by atoms with Crippen LogP contribution >= 0.6 is 12.2 Å². The van der Waals surface area contributed by atoms with Crippen molar-refractivity contribution in [1.29, 1.82) is 0 Å². The third-order valence-corrected chi connectivity index (χ3v) is 5.58. The Labute approximate surface area is 189 Å². The van der Waals surface area contributed by atoms with Gasteiger partial charge in [0.05, 0.1) is 18.8 Å². The van der Waals surface area contributed by atoms with Crippen LogP contribution in [0.4, 0.5) is 26.3 Å². The van der Waals surface area contributed by atoms with E-state index in [2.05, 4.69) is 10.6 Å². The number of halogens is 6. The number of rotatable bonds is 5. The number of ether oxygens (including phenoxy) is 1. The molecule has 2 aromatic carbocycles. The first-order valence-electron chi connectivity index (χ1n) is 9.54. The predicted molar refractivity (Wildman–Crippen MR) is 109 cm³/mol. The van der Waals surface area contributed by atoms with Gasteiger partial charge in [0.2, 0.25) is 0 Å². The number of hydrogen-bond donors (Lipinski definition) is 3. The molecule has 0 aliphatic carbocycles. The molecule has 1 amide bonds. The van der Waals surface area contributed by atoms with Crippen molar-refractivity contribution in [2.24, 2.45) is 5.92 Å². The Kier molecular flexibility index (Phi) is 7.01. The van der Waals surface area contributed by atoms with E-state index in [0.717, 1.165) is 12.1 Å². The SMILES string of the molecule is O=C(NC(=S)N[C@@]1(c2ccccc2F)CO[C@H](C(F)(F)C(F)(F)F)[C@H]1CO)c1ccccc1. The van der Waals surface area contributed by atoms with Crippen molar-refractivity contribution in [3.05, 3.63) is 71.5 Å². The first kappa shape index (κ1) is 24.9. The van der Waals surface area contributed by atoms with Gasteiger partial charge in [0.1, 0.15) is 11.9 Å². The average molecular weight is 492 g/mol. The molecule has 1 fully saturated rings. The van der Waals surface area contributed by atoms with Gasteiger partial charge in [-0.1, -0.05) is 36.4 Å². The number of carbonyl (C=O) groups excluding carboxylic acids is 1. The summed E-state index contributed by atoms with van der Waals surface area (Å²) in [4.78, 5) is 12.4. The number of alkyl halides is 5. The molecular formula is C21H18F6N2O3S. The summed E-state index contributed by atoms with van der Waals surface area (Å²) in [6.45, 7) is -2.12. The molecule has 12 heteroatoms.